The monoisotopic (exact) mass is 215 g/mol. The second-order valence-electron chi connectivity index (χ2n) is 3.37. The smallest absolute Gasteiger partial charge is 0.0346 e. The Kier molecular flexibility index (Phi) is 3.41. The minimum atomic E-state index is 0.872. The van der Waals surface area contributed by atoms with Crippen molar-refractivity contribution in [1.29, 1.82) is 0 Å². The number of hydrogen-bond donors (Lipinski definition) is 1. The van der Waals surface area contributed by atoms with Gasteiger partial charge in [0.25, 0.3) is 0 Å². The van der Waals surface area contributed by atoms with E-state index in [0.29, 0.717) is 0 Å². The largest absolute Gasteiger partial charge is 0.264 e. The van der Waals surface area contributed by atoms with Crippen molar-refractivity contribution in [2.45, 2.75) is 6.42 Å². The lowest BCUT2D eigenvalue weighted by atomic mass is 10.00. The summed E-state index contributed by atoms with van der Waals surface area (Å²) in [4.78, 5) is 4.14. The molecule has 1 aromatic heterocycles. The summed E-state index contributed by atoms with van der Waals surface area (Å²) in [6.07, 6.45) is 4.69. The summed E-state index contributed by atoms with van der Waals surface area (Å²) in [5, 5.41) is 0. The molecule has 2 heteroatoms. The fourth-order valence-corrected chi connectivity index (χ4v) is 1.90. The van der Waals surface area contributed by atoms with E-state index in [2.05, 4.69) is 47.9 Å². The Hall–Kier alpha value is -1.28. The van der Waals surface area contributed by atoms with Crippen LogP contribution < -0.4 is 0 Å². The SMILES string of the molecule is SCCc1ccccc1-c1cccnc1. The van der Waals surface area contributed by atoms with Crippen LogP contribution in [0.4, 0.5) is 0 Å². The molecule has 0 unspecified atom stereocenters. The maximum atomic E-state index is 4.28. The predicted octanol–water partition coefficient (Wildman–Crippen LogP) is 3.22. The van der Waals surface area contributed by atoms with Gasteiger partial charge in [0.2, 0.25) is 0 Å². The predicted molar refractivity (Wildman–Crippen MR) is 67.2 cm³/mol. The molecule has 0 radical (unpaired) electrons. The Labute approximate surface area is 95.6 Å². The Morgan fingerprint density at radius 1 is 1.07 bits per heavy atom. The molecule has 0 bridgehead atoms. The first kappa shape index (κ1) is 10.2. The molecule has 0 saturated heterocycles. The van der Waals surface area contributed by atoms with Crippen LogP contribution in [0, 0.1) is 0 Å². The number of thiol groups is 1. The van der Waals surface area contributed by atoms with Crippen LogP contribution in [0.25, 0.3) is 11.1 Å². The van der Waals surface area contributed by atoms with Crippen molar-refractivity contribution >= 4 is 12.6 Å². The number of benzene rings is 1. The molecule has 0 aliphatic heterocycles. The second kappa shape index (κ2) is 4.99. The van der Waals surface area contributed by atoms with Gasteiger partial charge in [-0.25, -0.2) is 0 Å². The van der Waals surface area contributed by atoms with Gasteiger partial charge in [0.1, 0.15) is 0 Å². The summed E-state index contributed by atoms with van der Waals surface area (Å²) in [5.74, 6) is 0.872. The number of nitrogens with zero attached hydrogens (tertiary/aromatic N) is 1. The third kappa shape index (κ3) is 2.39. The highest BCUT2D eigenvalue weighted by Gasteiger charge is 2.02. The Morgan fingerprint density at radius 2 is 1.93 bits per heavy atom. The molecule has 2 aromatic rings. The van der Waals surface area contributed by atoms with Crippen molar-refractivity contribution in [2.24, 2.45) is 0 Å². The van der Waals surface area contributed by atoms with Gasteiger partial charge in [-0.05, 0) is 29.4 Å². The zero-order valence-corrected chi connectivity index (χ0v) is 9.32. The molecule has 15 heavy (non-hydrogen) atoms. The van der Waals surface area contributed by atoms with E-state index in [1.54, 1.807) is 6.20 Å². The van der Waals surface area contributed by atoms with Crippen molar-refractivity contribution in [2.75, 3.05) is 5.75 Å². The third-order valence-electron chi connectivity index (χ3n) is 2.37. The Balaban J connectivity index is 2.43. The van der Waals surface area contributed by atoms with Crippen LogP contribution in [0.5, 0.6) is 0 Å². The highest BCUT2D eigenvalue weighted by atomic mass is 32.1. The molecule has 0 amide bonds. The van der Waals surface area contributed by atoms with Crippen molar-refractivity contribution in [1.82, 2.24) is 4.98 Å². The van der Waals surface area contributed by atoms with E-state index in [1.807, 2.05) is 12.3 Å². The molecule has 0 atom stereocenters. The number of aryl methyl sites for hydroxylation is 1. The molecule has 0 aliphatic rings. The van der Waals surface area contributed by atoms with Crippen molar-refractivity contribution in [3.05, 3.63) is 54.4 Å². The summed E-state index contributed by atoms with van der Waals surface area (Å²) < 4.78 is 0. The molecule has 0 spiro atoms. The van der Waals surface area contributed by atoms with E-state index in [0.717, 1.165) is 12.2 Å². The van der Waals surface area contributed by atoms with E-state index in [1.165, 1.54) is 16.7 Å². The van der Waals surface area contributed by atoms with Gasteiger partial charge in [-0.2, -0.15) is 12.6 Å². The average molecular weight is 215 g/mol. The van der Waals surface area contributed by atoms with E-state index in [4.69, 9.17) is 0 Å². The fraction of sp³-hybridized carbons (Fsp3) is 0.154. The lowest BCUT2D eigenvalue weighted by Gasteiger charge is -2.07. The molecule has 2 rings (SSSR count). The molecule has 1 aromatic carbocycles. The molecular weight excluding hydrogens is 202 g/mol. The first-order valence-electron chi connectivity index (χ1n) is 5.01. The first-order valence-corrected chi connectivity index (χ1v) is 5.64. The normalized spacial score (nSPS) is 10.2. The average Bonchev–Trinajstić information content (AvgIpc) is 2.31. The van der Waals surface area contributed by atoms with Gasteiger partial charge in [0.05, 0.1) is 0 Å². The highest BCUT2D eigenvalue weighted by molar-refractivity contribution is 7.80. The number of hydrogen-bond acceptors (Lipinski definition) is 2. The summed E-state index contributed by atoms with van der Waals surface area (Å²) in [7, 11) is 0. The number of aromatic nitrogens is 1. The van der Waals surface area contributed by atoms with Crippen LogP contribution in [-0.2, 0) is 6.42 Å². The van der Waals surface area contributed by atoms with Crippen LogP contribution in [0.1, 0.15) is 5.56 Å². The molecule has 1 heterocycles. The minimum absolute atomic E-state index is 0.872. The van der Waals surface area contributed by atoms with Gasteiger partial charge in [0, 0.05) is 18.0 Å². The van der Waals surface area contributed by atoms with Crippen molar-refractivity contribution < 1.29 is 0 Å². The molecule has 0 saturated carbocycles. The summed E-state index contributed by atoms with van der Waals surface area (Å²) in [6, 6.07) is 12.5. The maximum Gasteiger partial charge on any atom is 0.0346 e. The second-order valence-corrected chi connectivity index (χ2v) is 3.82. The summed E-state index contributed by atoms with van der Waals surface area (Å²) in [6.45, 7) is 0. The zero-order chi connectivity index (χ0) is 10.5. The molecule has 1 nitrogen and oxygen atoms in total. The maximum absolute atomic E-state index is 4.28. The van der Waals surface area contributed by atoms with E-state index < -0.39 is 0 Å². The molecular formula is C13H13NS. The van der Waals surface area contributed by atoms with Gasteiger partial charge in [-0.3, -0.25) is 4.98 Å². The lowest BCUT2D eigenvalue weighted by molar-refractivity contribution is 1.16. The Morgan fingerprint density at radius 3 is 2.67 bits per heavy atom. The minimum Gasteiger partial charge on any atom is -0.264 e. The standard InChI is InChI=1S/C13H13NS/c15-9-7-11-4-1-2-6-13(11)12-5-3-8-14-10-12/h1-6,8,10,15H,7,9H2. The molecule has 0 N–H and O–H groups in total. The zero-order valence-electron chi connectivity index (χ0n) is 8.43. The number of rotatable bonds is 3. The Bertz CT molecular complexity index is 426. The molecule has 76 valence electrons. The van der Waals surface area contributed by atoms with Crippen LogP contribution in [0.15, 0.2) is 48.8 Å². The highest BCUT2D eigenvalue weighted by Crippen LogP contribution is 2.23. The lowest BCUT2D eigenvalue weighted by Crippen LogP contribution is -1.91. The molecule has 0 fully saturated rings. The van der Waals surface area contributed by atoms with Gasteiger partial charge in [-0.15, -0.1) is 0 Å². The first-order chi connectivity index (χ1) is 7.42. The van der Waals surface area contributed by atoms with Crippen LogP contribution >= 0.6 is 12.6 Å². The van der Waals surface area contributed by atoms with Crippen molar-refractivity contribution in [3.8, 4) is 11.1 Å². The van der Waals surface area contributed by atoms with Crippen LogP contribution in [-0.4, -0.2) is 10.7 Å². The van der Waals surface area contributed by atoms with Gasteiger partial charge >= 0.3 is 0 Å². The van der Waals surface area contributed by atoms with E-state index >= 15 is 0 Å². The summed E-state index contributed by atoms with van der Waals surface area (Å²) in [5.41, 5.74) is 3.77. The van der Waals surface area contributed by atoms with Crippen LogP contribution in [0.3, 0.4) is 0 Å². The van der Waals surface area contributed by atoms with Crippen molar-refractivity contribution in [3.63, 3.8) is 0 Å². The van der Waals surface area contributed by atoms with Gasteiger partial charge < -0.3 is 0 Å². The van der Waals surface area contributed by atoms with E-state index in [-0.39, 0.29) is 0 Å². The van der Waals surface area contributed by atoms with E-state index in [9.17, 15) is 0 Å². The third-order valence-corrected chi connectivity index (χ3v) is 2.59. The summed E-state index contributed by atoms with van der Waals surface area (Å²) >= 11 is 4.28. The quantitative estimate of drug-likeness (QED) is 0.776. The topological polar surface area (TPSA) is 12.9 Å². The molecule has 0 aliphatic carbocycles. The number of pyridine rings is 1. The van der Waals surface area contributed by atoms with Gasteiger partial charge in [0.15, 0.2) is 0 Å². The van der Waals surface area contributed by atoms with Crippen LogP contribution in [0.2, 0.25) is 0 Å². The van der Waals surface area contributed by atoms with Gasteiger partial charge in [-0.1, -0.05) is 30.3 Å². The fourth-order valence-electron chi connectivity index (χ4n) is 1.66.